The molecule has 0 bridgehead atoms. The van der Waals surface area contributed by atoms with E-state index < -0.39 is 33.8 Å². The number of amides is 3. The van der Waals surface area contributed by atoms with Crippen LogP contribution in [-0.4, -0.2) is 32.5 Å². The molecule has 0 saturated carbocycles. The summed E-state index contributed by atoms with van der Waals surface area (Å²) in [4.78, 5) is 66.7. The number of nitrogens with zero attached hydrogens (tertiary/aromatic N) is 3. The lowest BCUT2D eigenvalue weighted by molar-refractivity contribution is -0.384. The van der Waals surface area contributed by atoms with E-state index in [0.29, 0.717) is 15.6 Å². The predicted molar refractivity (Wildman–Crippen MR) is 174 cm³/mol. The van der Waals surface area contributed by atoms with Crippen molar-refractivity contribution < 1.29 is 19.3 Å². The first-order valence-corrected chi connectivity index (χ1v) is 16.0. The fraction of sp³-hybridized carbons (Fsp3) is 0.273. The number of para-hydroxylation sites is 1. The molecule has 45 heavy (non-hydrogen) atoms. The van der Waals surface area contributed by atoms with Crippen molar-refractivity contribution in [1.29, 1.82) is 0 Å². The van der Waals surface area contributed by atoms with Crippen molar-refractivity contribution in [2.75, 3.05) is 10.2 Å². The Hall–Kier alpha value is -4.55. The molecule has 12 heteroatoms. The molecule has 1 aromatic heterocycles. The SMILES string of the molecule is Cc1ccccc1NC(=O)Cn1c2c(sc1=O)[C@H](c1ccc(C(C)(C)C)cc1)C1C(=O)N(c3ccc([N+](=O)[O-])cc3)C(=O)C1S2. The van der Waals surface area contributed by atoms with Gasteiger partial charge in [-0.05, 0) is 47.2 Å². The van der Waals surface area contributed by atoms with Gasteiger partial charge in [-0.1, -0.05) is 86.3 Å². The van der Waals surface area contributed by atoms with E-state index in [4.69, 9.17) is 0 Å². The van der Waals surface area contributed by atoms with Gasteiger partial charge in [-0.2, -0.15) is 0 Å². The maximum atomic E-state index is 14.1. The van der Waals surface area contributed by atoms with E-state index in [-0.39, 0.29) is 34.1 Å². The third kappa shape index (κ3) is 5.48. The molecule has 1 N–H and O–H groups in total. The van der Waals surface area contributed by atoms with Crippen LogP contribution in [0.1, 0.15) is 48.3 Å². The number of fused-ring (bicyclic) bond motifs is 2. The van der Waals surface area contributed by atoms with E-state index >= 15 is 0 Å². The summed E-state index contributed by atoms with van der Waals surface area (Å²) in [7, 11) is 0. The molecule has 3 heterocycles. The molecule has 0 spiro atoms. The molecular formula is C33H30N4O6S2. The minimum absolute atomic E-state index is 0.112. The molecule has 2 aliphatic heterocycles. The van der Waals surface area contributed by atoms with Crippen LogP contribution in [0.25, 0.3) is 0 Å². The van der Waals surface area contributed by atoms with E-state index in [1.807, 2.05) is 49.4 Å². The van der Waals surface area contributed by atoms with Gasteiger partial charge in [-0.15, -0.1) is 0 Å². The third-order valence-electron chi connectivity index (χ3n) is 8.22. The molecule has 3 amide bonds. The van der Waals surface area contributed by atoms with Gasteiger partial charge < -0.3 is 5.32 Å². The lowest BCUT2D eigenvalue weighted by atomic mass is 9.81. The predicted octanol–water partition coefficient (Wildman–Crippen LogP) is 5.86. The molecule has 230 valence electrons. The van der Waals surface area contributed by atoms with Crippen molar-refractivity contribution in [2.45, 2.75) is 55.8 Å². The van der Waals surface area contributed by atoms with Crippen molar-refractivity contribution >= 4 is 57.9 Å². The highest BCUT2D eigenvalue weighted by atomic mass is 32.2. The van der Waals surface area contributed by atoms with Gasteiger partial charge in [-0.3, -0.25) is 33.9 Å². The van der Waals surface area contributed by atoms with Gasteiger partial charge in [0.2, 0.25) is 17.7 Å². The first-order chi connectivity index (χ1) is 21.3. The number of rotatable bonds is 6. The summed E-state index contributed by atoms with van der Waals surface area (Å²) in [6, 6.07) is 20.5. The normalized spacial score (nSPS) is 19.3. The Bertz CT molecular complexity index is 1910. The smallest absolute Gasteiger partial charge is 0.308 e. The molecule has 0 aliphatic carbocycles. The molecular weight excluding hydrogens is 613 g/mol. The highest BCUT2D eigenvalue weighted by Gasteiger charge is 2.56. The molecule has 3 atom stereocenters. The first-order valence-electron chi connectivity index (χ1n) is 14.3. The van der Waals surface area contributed by atoms with Crippen molar-refractivity contribution in [2.24, 2.45) is 5.92 Å². The summed E-state index contributed by atoms with van der Waals surface area (Å²) in [5.74, 6) is -2.73. The number of benzene rings is 3. The highest BCUT2D eigenvalue weighted by molar-refractivity contribution is 8.00. The number of hydrogen-bond donors (Lipinski definition) is 1. The number of imide groups is 1. The first kappa shape index (κ1) is 30.5. The van der Waals surface area contributed by atoms with Crippen LogP contribution < -0.4 is 15.1 Å². The molecule has 4 aromatic rings. The summed E-state index contributed by atoms with van der Waals surface area (Å²) in [6.07, 6.45) is 0. The van der Waals surface area contributed by atoms with Crippen LogP contribution in [0.2, 0.25) is 0 Å². The molecule has 0 radical (unpaired) electrons. The Labute approximate surface area is 267 Å². The Morgan fingerprint density at radius 3 is 2.24 bits per heavy atom. The topological polar surface area (TPSA) is 132 Å². The van der Waals surface area contributed by atoms with Crippen LogP contribution in [0.5, 0.6) is 0 Å². The van der Waals surface area contributed by atoms with Crippen LogP contribution in [0.4, 0.5) is 17.1 Å². The number of nitro groups is 1. The van der Waals surface area contributed by atoms with Crippen molar-refractivity contribution in [1.82, 2.24) is 4.57 Å². The summed E-state index contributed by atoms with van der Waals surface area (Å²) in [6.45, 7) is 7.92. The van der Waals surface area contributed by atoms with Gasteiger partial charge in [0.05, 0.1) is 21.6 Å². The second kappa shape index (κ2) is 11.4. The summed E-state index contributed by atoms with van der Waals surface area (Å²) in [5.41, 5.74) is 3.36. The van der Waals surface area contributed by atoms with Crippen LogP contribution >= 0.6 is 23.1 Å². The average Bonchev–Trinajstić information content (AvgIpc) is 3.44. The Balaban J connectivity index is 1.42. The van der Waals surface area contributed by atoms with Crippen LogP contribution in [-0.2, 0) is 26.3 Å². The molecule has 6 rings (SSSR count). The fourth-order valence-corrected chi connectivity index (χ4v) is 8.60. The summed E-state index contributed by atoms with van der Waals surface area (Å²) in [5, 5.41) is 13.7. The Kier molecular flexibility index (Phi) is 7.74. The average molecular weight is 643 g/mol. The highest BCUT2D eigenvalue weighted by Crippen LogP contribution is 2.54. The van der Waals surface area contributed by atoms with Crippen LogP contribution in [0.15, 0.2) is 82.6 Å². The van der Waals surface area contributed by atoms with Gasteiger partial charge in [0.1, 0.15) is 11.8 Å². The molecule has 2 unspecified atom stereocenters. The second-order valence-corrected chi connectivity index (χ2v) is 14.3. The number of nitro benzene ring substituents is 1. The van der Waals surface area contributed by atoms with Crippen LogP contribution in [0, 0.1) is 23.0 Å². The number of anilines is 2. The zero-order chi connectivity index (χ0) is 32.2. The minimum atomic E-state index is -0.868. The van der Waals surface area contributed by atoms with Gasteiger partial charge in [0.15, 0.2) is 0 Å². The molecule has 3 aromatic carbocycles. The van der Waals surface area contributed by atoms with E-state index in [2.05, 4.69) is 26.1 Å². The number of aryl methyl sites for hydroxylation is 1. The number of carbonyl (C=O) groups is 3. The molecule has 1 fully saturated rings. The largest absolute Gasteiger partial charge is 0.324 e. The number of hydrogen-bond acceptors (Lipinski definition) is 8. The van der Waals surface area contributed by atoms with E-state index in [0.717, 1.165) is 44.7 Å². The number of thioether (sulfide) groups is 1. The molecule has 2 aliphatic rings. The molecule has 10 nitrogen and oxygen atoms in total. The van der Waals surface area contributed by atoms with Crippen molar-refractivity contribution in [3.63, 3.8) is 0 Å². The number of aromatic nitrogens is 1. The van der Waals surface area contributed by atoms with Gasteiger partial charge in [0, 0.05) is 28.6 Å². The maximum Gasteiger partial charge on any atom is 0.308 e. The number of thiazole rings is 1. The lowest BCUT2D eigenvalue weighted by Crippen LogP contribution is -2.33. The van der Waals surface area contributed by atoms with Gasteiger partial charge in [0.25, 0.3) is 5.69 Å². The quantitative estimate of drug-likeness (QED) is 0.158. The van der Waals surface area contributed by atoms with E-state index in [1.54, 1.807) is 6.07 Å². The third-order valence-corrected chi connectivity index (χ3v) is 10.8. The Morgan fingerprint density at radius 1 is 0.956 bits per heavy atom. The van der Waals surface area contributed by atoms with E-state index in [9.17, 15) is 29.3 Å². The van der Waals surface area contributed by atoms with Gasteiger partial charge in [-0.25, -0.2) is 4.90 Å². The number of nitrogens with one attached hydrogen (secondary N) is 1. The number of carbonyl (C=O) groups excluding carboxylic acids is 3. The second-order valence-electron chi connectivity index (χ2n) is 12.2. The Morgan fingerprint density at radius 2 is 1.62 bits per heavy atom. The monoisotopic (exact) mass is 642 g/mol. The number of non-ortho nitro benzene ring substituents is 1. The summed E-state index contributed by atoms with van der Waals surface area (Å²) >= 11 is 2.11. The zero-order valence-electron chi connectivity index (χ0n) is 25.0. The fourth-order valence-electron chi connectivity index (χ4n) is 5.83. The van der Waals surface area contributed by atoms with Gasteiger partial charge >= 0.3 is 4.87 Å². The minimum Gasteiger partial charge on any atom is -0.324 e. The molecule has 1 saturated heterocycles. The lowest BCUT2D eigenvalue weighted by Gasteiger charge is -2.31. The maximum absolute atomic E-state index is 14.1. The summed E-state index contributed by atoms with van der Waals surface area (Å²) < 4.78 is 1.39. The zero-order valence-corrected chi connectivity index (χ0v) is 26.6. The standard InChI is InChI=1S/C33H30N4O6S2/c1-18-7-5-6-8-23(18)34-24(38)17-35-31-28(45-32(35)41)25(19-9-11-20(12-10-19)33(2,3)4)26-27(44-31)30(40)36(29(26)39)21-13-15-22(16-14-21)37(42)43/h5-16,25-27H,17H2,1-4H3,(H,34,38)/t25-,26?,27?/m1/s1. The van der Waals surface area contributed by atoms with Crippen LogP contribution in [0.3, 0.4) is 0 Å². The van der Waals surface area contributed by atoms with Crippen molar-refractivity contribution in [3.8, 4) is 0 Å². The van der Waals surface area contributed by atoms with E-state index in [1.165, 1.54) is 28.8 Å². The van der Waals surface area contributed by atoms with Crippen molar-refractivity contribution in [3.05, 3.63) is 114 Å².